The summed E-state index contributed by atoms with van der Waals surface area (Å²) in [5.41, 5.74) is 1.43. The van der Waals surface area contributed by atoms with Gasteiger partial charge >= 0.3 is 0 Å². The van der Waals surface area contributed by atoms with Crippen molar-refractivity contribution in [1.82, 2.24) is 0 Å². The highest BCUT2D eigenvalue weighted by atomic mass is 16.5. The quantitative estimate of drug-likeness (QED) is 0.805. The molecular weight excluding hydrogens is 242 g/mol. The van der Waals surface area contributed by atoms with Crippen LogP contribution in [0.3, 0.4) is 0 Å². The van der Waals surface area contributed by atoms with Crippen LogP contribution < -0.4 is 5.32 Å². The second-order valence-electron chi connectivity index (χ2n) is 5.45. The zero-order valence-corrected chi connectivity index (χ0v) is 12.2. The molecule has 0 aliphatic heterocycles. The maximum atomic E-state index is 11.9. The molecule has 19 heavy (non-hydrogen) atoms. The van der Waals surface area contributed by atoms with Crippen molar-refractivity contribution in [3.8, 4) is 0 Å². The van der Waals surface area contributed by atoms with Gasteiger partial charge in [0.15, 0.2) is 0 Å². The highest BCUT2D eigenvalue weighted by Gasteiger charge is 2.21. The zero-order valence-electron chi connectivity index (χ0n) is 12.2. The summed E-state index contributed by atoms with van der Waals surface area (Å²) in [6, 6.07) is 7.69. The Labute approximate surface area is 115 Å². The molecule has 0 radical (unpaired) electrons. The molecule has 4 nitrogen and oxygen atoms in total. The molecule has 0 saturated heterocycles. The van der Waals surface area contributed by atoms with E-state index in [2.05, 4.69) is 5.32 Å². The summed E-state index contributed by atoms with van der Waals surface area (Å²) in [6.07, 6.45) is 0. The average Bonchev–Trinajstić information content (AvgIpc) is 2.34. The van der Waals surface area contributed by atoms with E-state index in [-0.39, 0.29) is 5.91 Å². The Hall–Kier alpha value is -1.39. The van der Waals surface area contributed by atoms with E-state index >= 15 is 0 Å². The minimum atomic E-state index is -0.398. The topological polar surface area (TPSA) is 47.6 Å². The van der Waals surface area contributed by atoms with Gasteiger partial charge in [0.2, 0.25) is 5.91 Å². The molecule has 0 aliphatic rings. The highest BCUT2D eigenvalue weighted by molar-refractivity contribution is 5.94. The summed E-state index contributed by atoms with van der Waals surface area (Å²) < 4.78 is 10.4. The van der Waals surface area contributed by atoms with Gasteiger partial charge in [-0.1, -0.05) is 32.9 Å². The van der Waals surface area contributed by atoms with Gasteiger partial charge < -0.3 is 14.8 Å². The van der Waals surface area contributed by atoms with E-state index in [0.29, 0.717) is 19.8 Å². The molecule has 106 valence electrons. The Kier molecular flexibility index (Phi) is 5.99. The summed E-state index contributed by atoms with van der Waals surface area (Å²) in [7, 11) is 1.64. The number of hydrogen-bond donors (Lipinski definition) is 1. The van der Waals surface area contributed by atoms with Crippen LogP contribution in [0.1, 0.15) is 26.3 Å². The predicted molar refractivity (Wildman–Crippen MR) is 76.1 cm³/mol. The van der Waals surface area contributed by atoms with Gasteiger partial charge in [0.25, 0.3) is 0 Å². The molecule has 1 amide bonds. The molecule has 1 aromatic carbocycles. The third-order valence-electron chi connectivity index (χ3n) is 2.57. The molecule has 0 spiro atoms. The van der Waals surface area contributed by atoms with Crippen molar-refractivity contribution in [2.24, 2.45) is 5.41 Å². The van der Waals surface area contributed by atoms with Gasteiger partial charge in [-0.25, -0.2) is 0 Å². The van der Waals surface area contributed by atoms with Crippen LogP contribution >= 0.6 is 0 Å². The molecule has 0 bridgehead atoms. The first-order chi connectivity index (χ1) is 8.93. The normalized spacial score (nSPS) is 11.4. The number of ether oxygens (including phenoxy) is 2. The van der Waals surface area contributed by atoms with Crippen molar-refractivity contribution in [3.05, 3.63) is 29.8 Å². The maximum Gasteiger partial charge on any atom is 0.229 e. The number of carbonyl (C=O) groups excluding carboxylic acids is 1. The van der Waals surface area contributed by atoms with Gasteiger partial charge in [-0.2, -0.15) is 0 Å². The number of nitrogens with one attached hydrogen (secondary N) is 1. The number of methoxy groups -OCH3 is 1. The Balaban J connectivity index is 2.55. The Bertz CT molecular complexity index is 410. The SMILES string of the molecule is COCCOCc1cccc(NC(=O)C(C)(C)C)c1. The number of rotatable bonds is 6. The lowest BCUT2D eigenvalue weighted by Gasteiger charge is -2.18. The smallest absolute Gasteiger partial charge is 0.229 e. The summed E-state index contributed by atoms with van der Waals surface area (Å²) in [5, 5.41) is 2.90. The number of hydrogen-bond acceptors (Lipinski definition) is 3. The number of amides is 1. The van der Waals surface area contributed by atoms with Gasteiger partial charge in [-0.3, -0.25) is 4.79 Å². The van der Waals surface area contributed by atoms with Crippen LogP contribution in [0.4, 0.5) is 5.69 Å². The van der Waals surface area contributed by atoms with Crippen LogP contribution in [0.2, 0.25) is 0 Å². The second kappa shape index (κ2) is 7.26. The molecule has 0 fully saturated rings. The number of carbonyl (C=O) groups is 1. The van der Waals surface area contributed by atoms with Crippen LogP contribution in [0.25, 0.3) is 0 Å². The van der Waals surface area contributed by atoms with Crippen molar-refractivity contribution in [2.75, 3.05) is 25.6 Å². The van der Waals surface area contributed by atoms with Crippen LogP contribution in [0.5, 0.6) is 0 Å². The fourth-order valence-electron chi connectivity index (χ4n) is 1.39. The first-order valence-corrected chi connectivity index (χ1v) is 6.40. The molecule has 0 atom stereocenters. The van der Waals surface area contributed by atoms with Crippen LogP contribution in [-0.2, 0) is 20.9 Å². The molecule has 0 heterocycles. The lowest BCUT2D eigenvalue weighted by Crippen LogP contribution is -2.27. The average molecular weight is 265 g/mol. The monoisotopic (exact) mass is 265 g/mol. The summed E-state index contributed by atoms with van der Waals surface area (Å²) in [5.74, 6) is 0.00458. The summed E-state index contributed by atoms with van der Waals surface area (Å²) in [4.78, 5) is 11.9. The van der Waals surface area contributed by atoms with Gasteiger partial charge in [0.05, 0.1) is 19.8 Å². The molecule has 4 heteroatoms. The molecule has 1 N–H and O–H groups in total. The van der Waals surface area contributed by atoms with Gasteiger partial charge in [0.1, 0.15) is 0 Å². The molecule has 0 aromatic heterocycles. The summed E-state index contributed by atoms with van der Waals surface area (Å²) >= 11 is 0. The van der Waals surface area contributed by atoms with Crippen LogP contribution in [0, 0.1) is 5.41 Å². The lowest BCUT2D eigenvalue weighted by molar-refractivity contribution is -0.123. The summed E-state index contributed by atoms with van der Waals surface area (Å²) in [6.45, 7) is 7.33. The lowest BCUT2D eigenvalue weighted by atomic mass is 9.95. The van der Waals surface area contributed by atoms with Gasteiger partial charge in [-0.05, 0) is 17.7 Å². The van der Waals surface area contributed by atoms with E-state index in [4.69, 9.17) is 9.47 Å². The fraction of sp³-hybridized carbons (Fsp3) is 0.533. The van der Waals surface area contributed by atoms with Crippen molar-refractivity contribution in [1.29, 1.82) is 0 Å². The third kappa shape index (κ3) is 5.85. The van der Waals surface area contributed by atoms with Crippen molar-refractivity contribution in [3.63, 3.8) is 0 Å². The molecular formula is C15H23NO3. The predicted octanol–water partition coefficient (Wildman–Crippen LogP) is 2.83. The van der Waals surface area contributed by atoms with Crippen LogP contribution in [-0.4, -0.2) is 26.2 Å². The van der Waals surface area contributed by atoms with Gasteiger partial charge in [0, 0.05) is 18.2 Å². The maximum absolute atomic E-state index is 11.9. The van der Waals surface area contributed by atoms with E-state index in [0.717, 1.165) is 11.3 Å². The largest absolute Gasteiger partial charge is 0.382 e. The van der Waals surface area contributed by atoms with Crippen molar-refractivity contribution in [2.45, 2.75) is 27.4 Å². The standard InChI is InChI=1S/C15H23NO3/c1-15(2,3)14(17)16-13-7-5-6-12(10-13)11-19-9-8-18-4/h5-7,10H,8-9,11H2,1-4H3,(H,16,17). The first kappa shape index (κ1) is 15.7. The highest BCUT2D eigenvalue weighted by Crippen LogP contribution is 2.18. The van der Waals surface area contributed by atoms with E-state index in [9.17, 15) is 4.79 Å². The Morgan fingerprint density at radius 2 is 2.00 bits per heavy atom. The van der Waals surface area contributed by atoms with Crippen LogP contribution in [0.15, 0.2) is 24.3 Å². The van der Waals surface area contributed by atoms with E-state index in [1.54, 1.807) is 7.11 Å². The Morgan fingerprint density at radius 3 is 2.63 bits per heavy atom. The zero-order chi connectivity index (χ0) is 14.3. The minimum Gasteiger partial charge on any atom is -0.382 e. The van der Waals surface area contributed by atoms with E-state index in [1.165, 1.54) is 0 Å². The van der Waals surface area contributed by atoms with Gasteiger partial charge in [-0.15, -0.1) is 0 Å². The number of benzene rings is 1. The second-order valence-corrected chi connectivity index (χ2v) is 5.45. The minimum absolute atomic E-state index is 0.00458. The van der Waals surface area contributed by atoms with E-state index < -0.39 is 5.41 Å². The Morgan fingerprint density at radius 1 is 1.26 bits per heavy atom. The molecule has 1 rings (SSSR count). The molecule has 1 aromatic rings. The number of anilines is 1. The third-order valence-corrected chi connectivity index (χ3v) is 2.57. The first-order valence-electron chi connectivity index (χ1n) is 6.40. The van der Waals surface area contributed by atoms with Crippen molar-refractivity contribution < 1.29 is 14.3 Å². The molecule has 0 saturated carbocycles. The molecule has 0 aliphatic carbocycles. The van der Waals surface area contributed by atoms with Crippen molar-refractivity contribution >= 4 is 11.6 Å². The van der Waals surface area contributed by atoms with E-state index in [1.807, 2.05) is 45.0 Å². The fourth-order valence-corrected chi connectivity index (χ4v) is 1.39. The molecule has 0 unspecified atom stereocenters.